The van der Waals surface area contributed by atoms with Gasteiger partial charge in [0.05, 0.1) is 16.8 Å². The molecule has 1 aliphatic carbocycles. The van der Waals surface area contributed by atoms with Gasteiger partial charge in [-0.1, -0.05) is 18.2 Å². The number of rotatable bonds is 4. The summed E-state index contributed by atoms with van der Waals surface area (Å²) in [5.41, 5.74) is 1.61. The number of aromatic nitrogens is 2. The summed E-state index contributed by atoms with van der Waals surface area (Å²) in [6.45, 7) is 2.97. The third kappa shape index (κ3) is 2.83. The molecule has 0 spiro atoms. The van der Waals surface area contributed by atoms with Crippen LogP contribution in [0.25, 0.3) is 10.9 Å². The van der Waals surface area contributed by atoms with Crippen LogP contribution in [0.2, 0.25) is 0 Å². The summed E-state index contributed by atoms with van der Waals surface area (Å²) < 4.78 is 2.03. The molecule has 0 amide bonds. The Morgan fingerprint density at radius 3 is 2.71 bits per heavy atom. The highest BCUT2D eigenvalue weighted by Gasteiger charge is 2.34. The summed E-state index contributed by atoms with van der Waals surface area (Å²) >= 11 is 0. The van der Waals surface area contributed by atoms with Crippen LogP contribution in [0.5, 0.6) is 0 Å². The molecule has 4 nitrogen and oxygen atoms in total. The zero-order valence-electron chi connectivity index (χ0n) is 13.0. The summed E-state index contributed by atoms with van der Waals surface area (Å²) in [6, 6.07) is 8.88. The Kier molecular flexibility index (Phi) is 4.00. The molecular weight excluding hydrogens is 262 g/mol. The third-order valence-electron chi connectivity index (χ3n) is 4.86. The summed E-state index contributed by atoms with van der Waals surface area (Å²) in [5.74, 6) is 0. The molecule has 1 aromatic heterocycles. The second kappa shape index (κ2) is 5.78. The van der Waals surface area contributed by atoms with E-state index in [1.807, 2.05) is 17.8 Å². The number of fused-ring (bicyclic) bond motifs is 1. The molecule has 0 atom stereocenters. The van der Waals surface area contributed by atoms with Crippen LogP contribution in [0.1, 0.15) is 38.3 Å². The van der Waals surface area contributed by atoms with Gasteiger partial charge in [-0.3, -0.25) is 4.68 Å². The minimum Gasteiger partial charge on any atom is -0.389 e. The zero-order chi connectivity index (χ0) is 14.9. The van der Waals surface area contributed by atoms with Gasteiger partial charge < -0.3 is 10.4 Å². The average Bonchev–Trinajstić information content (AvgIpc) is 2.86. The van der Waals surface area contributed by atoms with Crippen molar-refractivity contribution >= 4 is 10.9 Å². The fourth-order valence-electron chi connectivity index (χ4n) is 3.50. The topological polar surface area (TPSA) is 50.1 Å². The number of benzene rings is 1. The number of aliphatic hydroxyl groups is 1. The number of nitrogens with zero attached hydrogens (tertiary/aromatic N) is 2. The van der Waals surface area contributed by atoms with Crippen molar-refractivity contribution in [2.75, 3.05) is 7.05 Å². The maximum Gasteiger partial charge on any atom is 0.0731 e. The molecule has 0 aliphatic heterocycles. The Balaban J connectivity index is 1.85. The van der Waals surface area contributed by atoms with E-state index in [0.29, 0.717) is 12.5 Å². The number of para-hydroxylation sites is 1. The van der Waals surface area contributed by atoms with E-state index in [4.69, 9.17) is 5.10 Å². The summed E-state index contributed by atoms with van der Waals surface area (Å²) in [5, 5.41) is 20.1. The van der Waals surface area contributed by atoms with E-state index >= 15 is 0 Å². The standard InChI is InChI=1S/C17H25N3O/c1-3-20-16-7-5-4-6-14(16)15(19-20)12-17(21)10-8-13(18-2)9-11-17/h4-7,13,18,21H,3,8-12H2,1-2H3. The average molecular weight is 287 g/mol. The lowest BCUT2D eigenvalue weighted by Gasteiger charge is -2.35. The molecule has 1 saturated carbocycles. The molecule has 0 saturated heterocycles. The molecule has 0 radical (unpaired) electrons. The SMILES string of the molecule is CCn1nc(CC2(O)CCC(NC)CC2)c2ccccc21. The summed E-state index contributed by atoms with van der Waals surface area (Å²) in [7, 11) is 2.01. The van der Waals surface area contributed by atoms with Crippen molar-refractivity contribution in [2.24, 2.45) is 0 Å². The van der Waals surface area contributed by atoms with E-state index in [9.17, 15) is 5.11 Å². The predicted molar refractivity (Wildman–Crippen MR) is 85.4 cm³/mol. The molecule has 1 aromatic carbocycles. The van der Waals surface area contributed by atoms with Crippen LogP contribution in [0.4, 0.5) is 0 Å². The van der Waals surface area contributed by atoms with Crippen LogP contribution in [0.15, 0.2) is 24.3 Å². The molecule has 2 N–H and O–H groups in total. The van der Waals surface area contributed by atoms with Crippen LogP contribution in [0, 0.1) is 0 Å². The molecule has 2 aromatic rings. The fraction of sp³-hybridized carbons (Fsp3) is 0.588. The van der Waals surface area contributed by atoms with Crippen molar-refractivity contribution in [2.45, 2.75) is 57.2 Å². The molecular formula is C17H25N3O. The Hall–Kier alpha value is -1.39. The number of nitrogens with one attached hydrogen (secondary N) is 1. The van der Waals surface area contributed by atoms with Crippen molar-refractivity contribution in [1.29, 1.82) is 0 Å². The van der Waals surface area contributed by atoms with E-state index in [1.165, 1.54) is 10.9 Å². The van der Waals surface area contributed by atoms with E-state index in [-0.39, 0.29) is 0 Å². The highest BCUT2D eigenvalue weighted by Crippen LogP contribution is 2.33. The van der Waals surface area contributed by atoms with Crippen molar-refractivity contribution in [3.05, 3.63) is 30.0 Å². The lowest BCUT2D eigenvalue weighted by Crippen LogP contribution is -2.41. The number of hydrogen-bond donors (Lipinski definition) is 2. The molecule has 4 heteroatoms. The van der Waals surface area contributed by atoms with Gasteiger partial charge in [0.2, 0.25) is 0 Å². The fourth-order valence-corrected chi connectivity index (χ4v) is 3.50. The molecule has 1 fully saturated rings. The molecule has 3 rings (SSSR count). The van der Waals surface area contributed by atoms with Gasteiger partial charge in [-0.15, -0.1) is 0 Å². The molecule has 114 valence electrons. The molecule has 1 heterocycles. The quantitative estimate of drug-likeness (QED) is 0.908. The van der Waals surface area contributed by atoms with Gasteiger partial charge in [-0.25, -0.2) is 0 Å². The highest BCUT2D eigenvalue weighted by atomic mass is 16.3. The van der Waals surface area contributed by atoms with Crippen molar-refractivity contribution in [3.8, 4) is 0 Å². The minimum absolute atomic E-state index is 0.551. The predicted octanol–water partition coefficient (Wildman–Crippen LogP) is 2.49. The van der Waals surface area contributed by atoms with E-state index in [0.717, 1.165) is 37.9 Å². The molecule has 0 bridgehead atoms. The second-order valence-electron chi connectivity index (χ2n) is 6.24. The first-order valence-electron chi connectivity index (χ1n) is 7.99. The van der Waals surface area contributed by atoms with Gasteiger partial charge in [0.1, 0.15) is 0 Å². The van der Waals surface area contributed by atoms with E-state index < -0.39 is 5.60 Å². The Bertz CT molecular complexity index is 612. The first-order valence-corrected chi connectivity index (χ1v) is 7.99. The van der Waals surface area contributed by atoms with Gasteiger partial charge in [0.15, 0.2) is 0 Å². The van der Waals surface area contributed by atoms with Crippen LogP contribution in [0.3, 0.4) is 0 Å². The second-order valence-corrected chi connectivity index (χ2v) is 6.24. The Morgan fingerprint density at radius 1 is 1.33 bits per heavy atom. The van der Waals surface area contributed by atoms with Gasteiger partial charge in [-0.2, -0.15) is 5.10 Å². The lowest BCUT2D eigenvalue weighted by molar-refractivity contribution is -0.00306. The van der Waals surface area contributed by atoms with Gasteiger partial charge in [0, 0.05) is 24.4 Å². The largest absolute Gasteiger partial charge is 0.389 e. The molecule has 21 heavy (non-hydrogen) atoms. The summed E-state index contributed by atoms with van der Waals surface area (Å²) in [6.07, 6.45) is 4.45. The van der Waals surface area contributed by atoms with Crippen molar-refractivity contribution in [3.63, 3.8) is 0 Å². The van der Waals surface area contributed by atoms with Crippen LogP contribution < -0.4 is 5.32 Å². The molecule has 1 aliphatic rings. The van der Waals surface area contributed by atoms with Gasteiger partial charge in [-0.05, 0) is 45.7 Å². The maximum absolute atomic E-state index is 10.9. The minimum atomic E-state index is -0.594. The van der Waals surface area contributed by atoms with E-state index in [1.54, 1.807) is 0 Å². The monoisotopic (exact) mass is 287 g/mol. The third-order valence-corrected chi connectivity index (χ3v) is 4.86. The van der Waals surface area contributed by atoms with Gasteiger partial charge >= 0.3 is 0 Å². The Labute approximate surface area is 126 Å². The zero-order valence-corrected chi connectivity index (χ0v) is 13.0. The Morgan fingerprint density at radius 2 is 2.05 bits per heavy atom. The van der Waals surface area contributed by atoms with E-state index in [2.05, 4.69) is 30.4 Å². The molecule has 0 unspecified atom stereocenters. The lowest BCUT2D eigenvalue weighted by atomic mass is 9.79. The van der Waals surface area contributed by atoms with Crippen LogP contribution in [-0.2, 0) is 13.0 Å². The van der Waals surface area contributed by atoms with Crippen molar-refractivity contribution < 1.29 is 5.11 Å². The first kappa shape index (κ1) is 14.5. The van der Waals surface area contributed by atoms with Gasteiger partial charge in [0.25, 0.3) is 0 Å². The smallest absolute Gasteiger partial charge is 0.0731 e. The van der Waals surface area contributed by atoms with Crippen LogP contribution in [-0.4, -0.2) is 33.6 Å². The maximum atomic E-state index is 10.9. The summed E-state index contributed by atoms with van der Waals surface area (Å²) in [4.78, 5) is 0. The number of hydrogen-bond acceptors (Lipinski definition) is 3. The normalized spacial score (nSPS) is 26.3. The van der Waals surface area contributed by atoms with Crippen molar-refractivity contribution in [1.82, 2.24) is 15.1 Å². The first-order chi connectivity index (χ1) is 10.1. The number of aryl methyl sites for hydroxylation is 1. The van der Waals surface area contributed by atoms with Crippen LogP contribution >= 0.6 is 0 Å². The highest BCUT2D eigenvalue weighted by molar-refractivity contribution is 5.82.